The molecule has 0 aliphatic heterocycles. The van der Waals surface area contributed by atoms with Gasteiger partial charge in [-0.3, -0.25) is 9.36 Å². The molecule has 0 unspecified atom stereocenters. The number of nitrogens with zero attached hydrogens (tertiary/aromatic N) is 1. The Morgan fingerprint density at radius 3 is 2.37 bits per heavy atom. The van der Waals surface area contributed by atoms with Crippen molar-refractivity contribution in [3.8, 4) is 5.69 Å². The Balaban J connectivity index is 2.68. The van der Waals surface area contributed by atoms with Gasteiger partial charge < -0.3 is 0 Å². The predicted octanol–water partition coefficient (Wildman–Crippen LogP) is 3.47. The normalized spacial score (nSPS) is 11.6. The molecule has 0 N–H and O–H groups in total. The lowest BCUT2D eigenvalue weighted by atomic mass is 10.1. The first-order valence-electron chi connectivity index (χ1n) is 5.66. The molecule has 0 aliphatic carbocycles. The summed E-state index contributed by atoms with van der Waals surface area (Å²) in [6.07, 6.45) is -3.63. The maximum absolute atomic E-state index is 12.7. The van der Waals surface area contributed by atoms with Crippen molar-refractivity contribution in [3.63, 3.8) is 0 Å². The number of hydrogen-bond donors (Lipinski definition) is 0. The molecule has 0 radical (unpaired) electrons. The van der Waals surface area contributed by atoms with E-state index in [2.05, 4.69) is 0 Å². The maximum Gasteiger partial charge on any atom is 0.417 e. The predicted molar refractivity (Wildman–Crippen MR) is 66.5 cm³/mol. The van der Waals surface area contributed by atoms with Crippen LogP contribution in [0.2, 0.25) is 0 Å². The van der Waals surface area contributed by atoms with Crippen LogP contribution in [-0.2, 0) is 6.18 Å². The molecule has 0 saturated carbocycles. The first-order valence-corrected chi connectivity index (χ1v) is 5.66. The van der Waals surface area contributed by atoms with E-state index in [1.165, 1.54) is 0 Å². The van der Waals surface area contributed by atoms with Gasteiger partial charge in [-0.15, -0.1) is 0 Å². The SMILES string of the molecule is Cc1ccc(C)c(-n2cc(C(F)(F)F)ccc2=O)c1. The summed E-state index contributed by atoms with van der Waals surface area (Å²) in [6.45, 7) is 3.57. The number of hydrogen-bond acceptors (Lipinski definition) is 1. The van der Waals surface area contributed by atoms with Crippen molar-refractivity contribution >= 4 is 0 Å². The number of rotatable bonds is 1. The molecule has 19 heavy (non-hydrogen) atoms. The molecule has 1 aromatic heterocycles. The first-order chi connectivity index (χ1) is 8.79. The minimum Gasteiger partial charge on any atom is -0.283 e. The van der Waals surface area contributed by atoms with Crippen molar-refractivity contribution < 1.29 is 13.2 Å². The van der Waals surface area contributed by atoms with Crippen molar-refractivity contribution in [3.05, 3.63) is 63.6 Å². The van der Waals surface area contributed by atoms with Crippen LogP contribution in [0.25, 0.3) is 5.69 Å². The zero-order chi connectivity index (χ0) is 14.2. The molecule has 0 atom stereocenters. The van der Waals surface area contributed by atoms with Crippen molar-refractivity contribution in [1.29, 1.82) is 0 Å². The summed E-state index contributed by atoms with van der Waals surface area (Å²) >= 11 is 0. The second-order valence-corrected chi connectivity index (χ2v) is 4.41. The molecule has 2 aromatic rings. The lowest BCUT2D eigenvalue weighted by Gasteiger charge is -2.13. The van der Waals surface area contributed by atoms with E-state index in [-0.39, 0.29) is 0 Å². The Bertz CT molecular complexity index is 671. The smallest absolute Gasteiger partial charge is 0.283 e. The molecule has 100 valence electrons. The summed E-state index contributed by atoms with van der Waals surface area (Å²) in [5.74, 6) is 0. The van der Waals surface area contributed by atoms with Crippen LogP contribution >= 0.6 is 0 Å². The fourth-order valence-corrected chi connectivity index (χ4v) is 1.82. The van der Waals surface area contributed by atoms with E-state index in [4.69, 9.17) is 0 Å². The van der Waals surface area contributed by atoms with Gasteiger partial charge in [0.15, 0.2) is 0 Å². The van der Waals surface area contributed by atoms with Crippen LogP contribution in [0.3, 0.4) is 0 Å². The van der Waals surface area contributed by atoms with Gasteiger partial charge in [-0.25, -0.2) is 0 Å². The Hall–Kier alpha value is -2.04. The third-order valence-corrected chi connectivity index (χ3v) is 2.86. The molecular formula is C14H12F3NO. The third-order valence-electron chi connectivity index (χ3n) is 2.86. The summed E-state index contributed by atoms with van der Waals surface area (Å²) in [6, 6.07) is 7.04. The molecule has 0 bridgehead atoms. The number of aryl methyl sites for hydroxylation is 2. The summed E-state index contributed by atoms with van der Waals surface area (Å²) < 4.78 is 39.1. The molecule has 2 nitrogen and oxygen atoms in total. The number of halogens is 3. The topological polar surface area (TPSA) is 22.0 Å². The molecule has 0 saturated heterocycles. The monoisotopic (exact) mass is 267 g/mol. The van der Waals surface area contributed by atoms with Crippen molar-refractivity contribution in [2.24, 2.45) is 0 Å². The maximum atomic E-state index is 12.7. The Kier molecular flexibility index (Phi) is 3.22. The molecular weight excluding hydrogens is 255 g/mol. The van der Waals surface area contributed by atoms with Crippen molar-refractivity contribution in [1.82, 2.24) is 4.57 Å². The van der Waals surface area contributed by atoms with Crippen molar-refractivity contribution in [2.45, 2.75) is 20.0 Å². The largest absolute Gasteiger partial charge is 0.417 e. The van der Waals surface area contributed by atoms with Crippen LogP contribution in [0.15, 0.2) is 41.3 Å². The summed E-state index contributed by atoms with van der Waals surface area (Å²) in [5.41, 5.74) is 0.766. The van der Waals surface area contributed by atoms with Crippen LogP contribution < -0.4 is 5.56 Å². The van der Waals surface area contributed by atoms with Crippen LogP contribution in [-0.4, -0.2) is 4.57 Å². The Morgan fingerprint density at radius 1 is 1.05 bits per heavy atom. The van der Waals surface area contributed by atoms with E-state index in [1.807, 2.05) is 13.0 Å². The van der Waals surface area contributed by atoms with Crippen LogP contribution in [0.4, 0.5) is 13.2 Å². The van der Waals surface area contributed by atoms with E-state index in [0.29, 0.717) is 5.69 Å². The second kappa shape index (κ2) is 4.57. The highest BCUT2D eigenvalue weighted by Gasteiger charge is 2.31. The summed E-state index contributed by atoms with van der Waals surface area (Å²) in [5, 5.41) is 0. The quantitative estimate of drug-likeness (QED) is 0.775. The van der Waals surface area contributed by atoms with Gasteiger partial charge in [0.2, 0.25) is 0 Å². The van der Waals surface area contributed by atoms with E-state index >= 15 is 0 Å². The average molecular weight is 267 g/mol. The molecule has 0 fully saturated rings. The van der Waals surface area contributed by atoms with Gasteiger partial charge in [0.1, 0.15) is 0 Å². The molecule has 0 aliphatic rings. The molecule has 5 heteroatoms. The average Bonchev–Trinajstić information content (AvgIpc) is 2.32. The van der Waals surface area contributed by atoms with Gasteiger partial charge in [0.05, 0.1) is 11.3 Å². The zero-order valence-corrected chi connectivity index (χ0v) is 10.5. The van der Waals surface area contributed by atoms with Gasteiger partial charge >= 0.3 is 6.18 Å². The molecule has 0 spiro atoms. The molecule has 1 heterocycles. The lowest BCUT2D eigenvalue weighted by molar-refractivity contribution is -0.138. The standard InChI is InChI=1S/C14H12F3NO/c1-9-3-4-10(2)12(7-9)18-8-11(14(15,16)17)5-6-13(18)19/h3-8H,1-2H3. The van der Waals surface area contributed by atoms with Crippen LogP contribution in [0, 0.1) is 13.8 Å². The first kappa shape index (κ1) is 13.4. The lowest BCUT2D eigenvalue weighted by Crippen LogP contribution is -2.20. The zero-order valence-electron chi connectivity index (χ0n) is 10.5. The number of benzene rings is 1. The van der Waals surface area contributed by atoms with E-state index in [1.54, 1.807) is 19.1 Å². The van der Waals surface area contributed by atoms with Gasteiger partial charge in [-0.05, 0) is 37.1 Å². The van der Waals surface area contributed by atoms with Crippen molar-refractivity contribution in [2.75, 3.05) is 0 Å². The Labute approximate surface area is 108 Å². The number of alkyl halides is 3. The highest BCUT2D eigenvalue weighted by molar-refractivity contribution is 5.43. The molecule has 2 rings (SSSR count). The van der Waals surface area contributed by atoms with E-state index < -0.39 is 17.3 Å². The fourth-order valence-electron chi connectivity index (χ4n) is 1.82. The second-order valence-electron chi connectivity index (χ2n) is 4.41. The summed E-state index contributed by atoms with van der Waals surface area (Å²) in [7, 11) is 0. The fraction of sp³-hybridized carbons (Fsp3) is 0.214. The third kappa shape index (κ3) is 2.70. The number of pyridine rings is 1. The van der Waals surface area contributed by atoms with Gasteiger partial charge in [0, 0.05) is 12.3 Å². The minimum atomic E-state index is -4.47. The van der Waals surface area contributed by atoms with Gasteiger partial charge in [-0.2, -0.15) is 13.2 Å². The molecule has 0 amide bonds. The van der Waals surface area contributed by atoms with Gasteiger partial charge in [0.25, 0.3) is 5.56 Å². The van der Waals surface area contributed by atoms with Gasteiger partial charge in [-0.1, -0.05) is 12.1 Å². The Morgan fingerprint density at radius 2 is 1.74 bits per heavy atom. The summed E-state index contributed by atoms with van der Waals surface area (Å²) in [4.78, 5) is 11.8. The molecule has 1 aromatic carbocycles. The highest BCUT2D eigenvalue weighted by Crippen LogP contribution is 2.28. The highest BCUT2D eigenvalue weighted by atomic mass is 19.4. The number of aromatic nitrogens is 1. The van der Waals surface area contributed by atoms with E-state index in [9.17, 15) is 18.0 Å². The van der Waals surface area contributed by atoms with Crippen LogP contribution in [0.5, 0.6) is 0 Å². The van der Waals surface area contributed by atoms with E-state index in [0.717, 1.165) is 34.0 Å². The van der Waals surface area contributed by atoms with Crippen LogP contribution in [0.1, 0.15) is 16.7 Å². The minimum absolute atomic E-state index is 0.469.